The first-order chi connectivity index (χ1) is 8.15. The maximum atomic E-state index is 10.5. The molecule has 0 radical (unpaired) electrons. The smallest absolute Gasteiger partial charge is 0.245 e. The van der Waals surface area contributed by atoms with Gasteiger partial charge in [-0.05, 0) is 29.8 Å². The number of H-pyrrole nitrogens is 1. The Labute approximate surface area is 107 Å². The third-order valence-corrected chi connectivity index (χ3v) is 2.32. The summed E-state index contributed by atoms with van der Waals surface area (Å²) in [5.41, 5.74) is 0.797. The molecule has 86 valence electrons. The number of nitrogens with one attached hydrogen (secondary N) is 1. The fourth-order valence-electron chi connectivity index (χ4n) is 1.25. The van der Waals surface area contributed by atoms with E-state index in [9.17, 15) is 4.79 Å². The van der Waals surface area contributed by atoms with Gasteiger partial charge in [0.2, 0.25) is 5.24 Å². The summed E-state index contributed by atoms with van der Waals surface area (Å²) in [6, 6.07) is 7.18. The normalized spacial score (nSPS) is 10.9. The van der Waals surface area contributed by atoms with E-state index in [1.807, 2.05) is 12.1 Å². The zero-order valence-electron chi connectivity index (χ0n) is 8.52. The lowest BCUT2D eigenvalue weighted by Crippen LogP contribution is -1.80. The van der Waals surface area contributed by atoms with Gasteiger partial charge >= 0.3 is 0 Å². The first kappa shape index (κ1) is 11.8. The lowest BCUT2D eigenvalue weighted by Gasteiger charge is -1.94. The fraction of sp³-hybridized carbons (Fsp3) is 0. The van der Waals surface area contributed by atoms with E-state index < -0.39 is 5.24 Å². The minimum Gasteiger partial charge on any atom is -0.276 e. The van der Waals surface area contributed by atoms with Crippen LogP contribution in [-0.2, 0) is 4.79 Å². The van der Waals surface area contributed by atoms with E-state index in [-0.39, 0.29) is 0 Å². The van der Waals surface area contributed by atoms with Crippen LogP contribution in [0.15, 0.2) is 30.3 Å². The molecule has 0 saturated carbocycles. The Bertz CT molecular complexity index is 578. The molecule has 0 bridgehead atoms. The van der Waals surface area contributed by atoms with Crippen LogP contribution in [0, 0.1) is 0 Å². The summed E-state index contributed by atoms with van der Waals surface area (Å²) >= 11 is 11.0. The number of benzene rings is 1. The average Bonchev–Trinajstić information content (AvgIpc) is 2.75. The highest BCUT2D eigenvalue weighted by atomic mass is 35.5. The molecule has 0 spiro atoms. The second-order valence-electron chi connectivity index (χ2n) is 3.19. The number of halogens is 2. The molecule has 0 amide bonds. The number of carbonyl (C=O) groups excluding carboxylic acids is 1. The highest BCUT2D eigenvalue weighted by Crippen LogP contribution is 2.19. The number of allylic oxidation sites excluding steroid dienone is 1. The van der Waals surface area contributed by atoms with Crippen LogP contribution >= 0.6 is 23.2 Å². The van der Waals surface area contributed by atoms with E-state index in [0.717, 1.165) is 5.56 Å². The maximum absolute atomic E-state index is 10.5. The molecule has 17 heavy (non-hydrogen) atoms. The first-order valence-electron chi connectivity index (χ1n) is 4.71. The number of hydrogen-bond acceptors (Lipinski definition) is 3. The van der Waals surface area contributed by atoms with Crippen molar-refractivity contribution in [2.45, 2.75) is 0 Å². The number of aromatic amines is 1. The Kier molecular flexibility index (Phi) is 3.56. The molecule has 0 fully saturated rings. The zero-order valence-corrected chi connectivity index (χ0v) is 10.0. The molecule has 2 rings (SSSR count). The summed E-state index contributed by atoms with van der Waals surface area (Å²) in [5.74, 6) is 0.961. The van der Waals surface area contributed by atoms with Crippen LogP contribution in [0.2, 0.25) is 5.02 Å². The van der Waals surface area contributed by atoms with Crippen molar-refractivity contribution in [2.75, 3.05) is 0 Å². The van der Waals surface area contributed by atoms with E-state index in [1.54, 1.807) is 12.1 Å². The van der Waals surface area contributed by atoms with Gasteiger partial charge in [-0.2, -0.15) is 5.10 Å². The molecule has 2 aromatic rings. The quantitative estimate of drug-likeness (QED) is 0.687. The lowest BCUT2D eigenvalue weighted by atomic mass is 10.2. The van der Waals surface area contributed by atoms with Crippen molar-refractivity contribution >= 4 is 34.5 Å². The van der Waals surface area contributed by atoms with E-state index in [2.05, 4.69) is 15.2 Å². The Balaban J connectivity index is 2.27. The van der Waals surface area contributed by atoms with Gasteiger partial charge < -0.3 is 0 Å². The fourth-order valence-corrected chi connectivity index (χ4v) is 1.50. The number of nitrogens with zero attached hydrogens (tertiary/aromatic N) is 2. The Hall–Kier alpha value is -1.65. The second kappa shape index (κ2) is 5.12. The molecule has 1 aromatic heterocycles. The molecule has 0 atom stereocenters. The topological polar surface area (TPSA) is 58.6 Å². The van der Waals surface area contributed by atoms with Crippen LogP contribution in [0.3, 0.4) is 0 Å². The van der Waals surface area contributed by atoms with E-state index >= 15 is 0 Å². The molecule has 0 aliphatic rings. The van der Waals surface area contributed by atoms with Crippen LogP contribution in [-0.4, -0.2) is 20.4 Å². The third kappa shape index (κ3) is 3.15. The average molecular weight is 268 g/mol. The summed E-state index contributed by atoms with van der Waals surface area (Å²) in [6.07, 6.45) is 2.65. The van der Waals surface area contributed by atoms with Crippen molar-refractivity contribution in [3.8, 4) is 11.4 Å². The molecule has 1 heterocycles. The number of aromatic nitrogens is 3. The van der Waals surface area contributed by atoms with Gasteiger partial charge in [0, 0.05) is 16.7 Å². The molecular weight excluding hydrogens is 261 g/mol. The Morgan fingerprint density at radius 3 is 2.94 bits per heavy atom. The zero-order chi connectivity index (χ0) is 12.3. The van der Waals surface area contributed by atoms with Gasteiger partial charge in [-0.15, -0.1) is 0 Å². The molecule has 6 heteroatoms. The highest BCUT2D eigenvalue weighted by molar-refractivity contribution is 6.66. The van der Waals surface area contributed by atoms with Gasteiger partial charge in [0.1, 0.15) is 5.82 Å². The molecule has 1 N–H and O–H groups in total. The van der Waals surface area contributed by atoms with Gasteiger partial charge in [0.15, 0.2) is 5.82 Å². The van der Waals surface area contributed by atoms with Crippen molar-refractivity contribution in [1.29, 1.82) is 0 Å². The standard InChI is InChI=1S/C11H7Cl2N3O/c12-8-3-1-2-7(6-8)11-14-10(15-16-11)5-4-9(13)17/h1-6H,(H,14,15,16). The van der Waals surface area contributed by atoms with Crippen molar-refractivity contribution < 1.29 is 4.79 Å². The largest absolute Gasteiger partial charge is 0.276 e. The van der Waals surface area contributed by atoms with E-state index in [0.29, 0.717) is 16.7 Å². The molecule has 0 unspecified atom stereocenters. The summed E-state index contributed by atoms with van der Waals surface area (Å²) in [4.78, 5) is 14.7. The number of rotatable bonds is 3. The first-order valence-corrected chi connectivity index (χ1v) is 5.46. The predicted molar refractivity (Wildman–Crippen MR) is 66.7 cm³/mol. The van der Waals surface area contributed by atoms with E-state index in [1.165, 1.54) is 12.2 Å². The highest BCUT2D eigenvalue weighted by Gasteiger charge is 2.04. The molecular formula is C11H7Cl2N3O. The summed E-state index contributed by atoms with van der Waals surface area (Å²) in [7, 11) is 0. The summed E-state index contributed by atoms with van der Waals surface area (Å²) < 4.78 is 0. The minimum absolute atomic E-state index is 0.453. The number of carbonyl (C=O) groups is 1. The van der Waals surface area contributed by atoms with Crippen LogP contribution in [0.5, 0.6) is 0 Å². The van der Waals surface area contributed by atoms with Crippen LogP contribution in [0.1, 0.15) is 5.82 Å². The van der Waals surface area contributed by atoms with Crippen LogP contribution in [0.25, 0.3) is 17.5 Å². The van der Waals surface area contributed by atoms with Crippen LogP contribution in [0.4, 0.5) is 0 Å². The molecule has 1 aromatic carbocycles. The van der Waals surface area contributed by atoms with Gasteiger partial charge in [0.25, 0.3) is 0 Å². The summed E-state index contributed by atoms with van der Waals surface area (Å²) in [5, 5.41) is 6.73. The summed E-state index contributed by atoms with van der Waals surface area (Å²) in [6.45, 7) is 0. The molecule has 0 saturated heterocycles. The minimum atomic E-state index is -0.564. The number of hydrogen-bond donors (Lipinski definition) is 1. The predicted octanol–water partition coefficient (Wildman–Crippen LogP) is 2.90. The van der Waals surface area contributed by atoms with Gasteiger partial charge in [-0.3, -0.25) is 9.89 Å². The van der Waals surface area contributed by atoms with Crippen molar-refractivity contribution in [1.82, 2.24) is 15.2 Å². The lowest BCUT2D eigenvalue weighted by molar-refractivity contribution is -0.107. The molecule has 0 aliphatic carbocycles. The van der Waals surface area contributed by atoms with E-state index in [4.69, 9.17) is 23.2 Å². The van der Waals surface area contributed by atoms with Crippen LogP contribution < -0.4 is 0 Å². The van der Waals surface area contributed by atoms with Gasteiger partial charge in [-0.1, -0.05) is 23.7 Å². The Morgan fingerprint density at radius 1 is 1.41 bits per heavy atom. The third-order valence-electron chi connectivity index (χ3n) is 1.96. The molecule has 0 aliphatic heterocycles. The van der Waals surface area contributed by atoms with Crippen molar-refractivity contribution in [3.05, 3.63) is 41.2 Å². The Morgan fingerprint density at radius 2 is 2.24 bits per heavy atom. The van der Waals surface area contributed by atoms with Gasteiger partial charge in [0.05, 0.1) is 0 Å². The molecule has 4 nitrogen and oxygen atoms in total. The van der Waals surface area contributed by atoms with Gasteiger partial charge in [-0.25, -0.2) is 4.98 Å². The van der Waals surface area contributed by atoms with Crippen molar-refractivity contribution in [2.24, 2.45) is 0 Å². The maximum Gasteiger partial charge on any atom is 0.245 e. The van der Waals surface area contributed by atoms with Crippen molar-refractivity contribution in [3.63, 3.8) is 0 Å². The SMILES string of the molecule is O=C(Cl)C=Cc1nc(-c2cccc(Cl)c2)n[nH]1. The second-order valence-corrected chi connectivity index (χ2v) is 4.00. The monoisotopic (exact) mass is 267 g/mol.